The topological polar surface area (TPSA) is 70.8 Å². The number of hydrogen-bond acceptors (Lipinski definition) is 4. The molecule has 4 rings (SSSR count). The lowest BCUT2D eigenvalue weighted by Crippen LogP contribution is -2.32. The Morgan fingerprint density at radius 1 is 1.13 bits per heavy atom. The number of benzene rings is 2. The maximum atomic E-state index is 13.4. The maximum absolute atomic E-state index is 13.4. The highest BCUT2D eigenvalue weighted by molar-refractivity contribution is 9.10. The fourth-order valence-corrected chi connectivity index (χ4v) is 4.27. The number of amides is 1. The number of hydrogen-bond donors (Lipinski definition) is 1. The predicted molar refractivity (Wildman–Crippen MR) is 118 cm³/mol. The number of furan rings is 1. The smallest absolute Gasteiger partial charge is 0.290 e. The maximum Gasteiger partial charge on any atom is 0.290 e. The molecule has 30 heavy (non-hydrogen) atoms. The van der Waals surface area contributed by atoms with E-state index in [0.717, 1.165) is 34.7 Å². The third kappa shape index (κ3) is 3.67. The number of halogens is 1. The highest BCUT2D eigenvalue weighted by Crippen LogP contribution is 2.39. The number of carbonyl (C=O) groups excluding carboxylic acids is 2. The van der Waals surface area contributed by atoms with Crippen LogP contribution >= 0.6 is 15.9 Å². The summed E-state index contributed by atoms with van der Waals surface area (Å²) < 4.78 is 6.63. The van der Waals surface area contributed by atoms with E-state index in [4.69, 9.17) is 4.42 Å². The van der Waals surface area contributed by atoms with Crippen LogP contribution in [0, 0.1) is 0 Å². The van der Waals surface area contributed by atoms with E-state index in [9.17, 15) is 14.7 Å². The molecule has 154 valence electrons. The van der Waals surface area contributed by atoms with Crippen LogP contribution in [0.1, 0.15) is 48.3 Å². The first-order chi connectivity index (χ1) is 14.5. The Hall–Kier alpha value is -2.86. The Labute approximate surface area is 183 Å². The van der Waals surface area contributed by atoms with Gasteiger partial charge in [-0.3, -0.25) is 9.59 Å². The van der Waals surface area contributed by atoms with Crippen molar-refractivity contribution in [3.05, 3.63) is 81.7 Å². The lowest BCUT2D eigenvalue weighted by Gasteiger charge is -2.26. The van der Waals surface area contributed by atoms with Gasteiger partial charge in [0.1, 0.15) is 5.58 Å². The molecule has 6 heteroatoms. The van der Waals surface area contributed by atoms with Gasteiger partial charge in [-0.15, -0.1) is 0 Å². The van der Waals surface area contributed by atoms with Crippen molar-refractivity contribution in [3.63, 3.8) is 0 Å². The van der Waals surface area contributed by atoms with Gasteiger partial charge in [0.05, 0.1) is 11.6 Å². The van der Waals surface area contributed by atoms with E-state index in [2.05, 4.69) is 22.9 Å². The van der Waals surface area contributed by atoms with Crippen LogP contribution in [0.3, 0.4) is 0 Å². The Kier molecular flexibility index (Phi) is 5.77. The molecule has 1 aliphatic heterocycles. The summed E-state index contributed by atoms with van der Waals surface area (Å²) in [7, 11) is 0. The van der Waals surface area contributed by atoms with E-state index < -0.39 is 23.5 Å². The number of Topliss-reactive ketones (excluding diaryl/α,β-unsaturated/α-hetero) is 1. The molecular weight excluding hydrogens is 446 g/mol. The normalized spacial score (nSPS) is 16.7. The first kappa shape index (κ1) is 20.4. The van der Waals surface area contributed by atoms with E-state index >= 15 is 0 Å². The third-order valence-electron chi connectivity index (χ3n) is 5.37. The van der Waals surface area contributed by atoms with Gasteiger partial charge in [0.2, 0.25) is 5.78 Å². The van der Waals surface area contributed by atoms with E-state index in [0.29, 0.717) is 12.1 Å². The van der Waals surface area contributed by atoms with Crippen molar-refractivity contribution in [2.75, 3.05) is 6.54 Å². The van der Waals surface area contributed by atoms with Crippen LogP contribution in [-0.2, 0) is 4.79 Å². The molecule has 0 saturated heterocycles. The number of nitrogens with zero attached hydrogens (tertiary/aromatic N) is 1. The number of ketones is 1. The van der Waals surface area contributed by atoms with E-state index in [1.165, 1.54) is 0 Å². The lowest BCUT2D eigenvalue weighted by atomic mass is 9.95. The first-order valence-electron chi connectivity index (χ1n) is 10.0. The Balaban J connectivity index is 1.76. The fraction of sp³-hybridized carbons (Fsp3) is 0.250. The molecule has 1 N–H and O–H groups in total. The average Bonchev–Trinajstić information content (AvgIpc) is 3.28. The lowest BCUT2D eigenvalue weighted by molar-refractivity contribution is -0.129. The molecule has 0 fully saturated rings. The average molecular weight is 468 g/mol. The second kappa shape index (κ2) is 8.48. The van der Waals surface area contributed by atoms with Crippen molar-refractivity contribution in [1.82, 2.24) is 4.90 Å². The van der Waals surface area contributed by atoms with Crippen molar-refractivity contribution in [2.45, 2.75) is 32.2 Å². The molecule has 3 aromatic rings. The number of fused-ring (bicyclic) bond motifs is 1. The number of aliphatic hydroxyl groups is 1. The molecule has 0 radical (unpaired) electrons. The van der Waals surface area contributed by atoms with Gasteiger partial charge in [0.25, 0.3) is 5.91 Å². The van der Waals surface area contributed by atoms with Crippen molar-refractivity contribution in [3.8, 4) is 0 Å². The molecule has 0 aliphatic carbocycles. The van der Waals surface area contributed by atoms with Crippen LogP contribution in [0.25, 0.3) is 11.0 Å². The van der Waals surface area contributed by atoms with Gasteiger partial charge < -0.3 is 14.4 Å². The summed E-state index contributed by atoms with van der Waals surface area (Å²) in [4.78, 5) is 27.9. The predicted octanol–water partition coefficient (Wildman–Crippen LogP) is 5.96. The second-order valence-electron chi connectivity index (χ2n) is 7.40. The minimum absolute atomic E-state index is 0.0702. The molecule has 1 unspecified atom stereocenters. The highest BCUT2D eigenvalue weighted by Gasteiger charge is 2.44. The van der Waals surface area contributed by atoms with Gasteiger partial charge in [0.15, 0.2) is 11.5 Å². The molecule has 1 amide bonds. The highest BCUT2D eigenvalue weighted by atomic mass is 79.9. The minimum Gasteiger partial charge on any atom is -0.503 e. The number of rotatable bonds is 7. The zero-order chi connectivity index (χ0) is 21.3. The molecular formula is C24H22BrNO4. The Morgan fingerprint density at radius 3 is 2.63 bits per heavy atom. The van der Waals surface area contributed by atoms with Crippen molar-refractivity contribution in [2.24, 2.45) is 0 Å². The van der Waals surface area contributed by atoms with Gasteiger partial charge in [0, 0.05) is 16.4 Å². The second-order valence-corrected chi connectivity index (χ2v) is 8.32. The van der Waals surface area contributed by atoms with Crippen molar-refractivity contribution >= 4 is 38.6 Å². The van der Waals surface area contributed by atoms with E-state index in [-0.39, 0.29) is 11.3 Å². The van der Waals surface area contributed by atoms with Crippen molar-refractivity contribution < 1.29 is 19.1 Å². The van der Waals surface area contributed by atoms with Crippen LogP contribution in [0.4, 0.5) is 0 Å². The molecule has 5 nitrogen and oxygen atoms in total. The van der Waals surface area contributed by atoms with Crippen LogP contribution < -0.4 is 0 Å². The third-order valence-corrected chi connectivity index (χ3v) is 5.86. The van der Waals surface area contributed by atoms with Gasteiger partial charge in [-0.1, -0.05) is 66.0 Å². The summed E-state index contributed by atoms with van der Waals surface area (Å²) in [6.07, 6.45) is 2.78. The molecule has 1 aromatic heterocycles. The quantitative estimate of drug-likeness (QED) is 0.343. The van der Waals surface area contributed by atoms with Crippen LogP contribution in [0.2, 0.25) is 0 Å². The molecule has 1 atom stereocenters. The molecule has 0 saturated carbocycles. The molecule has 0 bridgehead atoms. The summed E-state index contributed by atoms with van der Waals surface area (Å²) in [5.41, 5.74) is 1.43. The number of carbonyl (C=O) groups is 2. The monoisotopic (exact) mass is 467 g/mol. The Morgan fingerprint density at radius 2 is 1.90 bits per heavy atom. The molecule has 1 aliphatic rings. The molecule has 2 aromatic carbocycles. The van der Waals surface area contributed by atoms with Crippen molar-refractivity contribution in [1.29, 1.82) is 0 Å². The zero-order valence-corrected chi connectivity index (χ0v) is 18.2. The summed E-state index contributed by atoms with van der Waals surface area (Å²) in [6.45, 7) is 2.56. The van der Waals surface area contributed by atoms with E-state index in [1.54, 1.807) is 17.0 Å². The fourth-order valence-electron chi connectivity index (χ4n) is 3.89. The summed E-state index contributed by atoms with van der Waals surface area (Å²) in [6, 6.07) is 15.8. The largest absolute Gasteiger partial charge is 0.503 e. The molecule has 2 heterocycles. The van der Waals surface area contributed by atoms with Gasteiger partial charge in [-0.2, -0.15) is 0 Å². The standard InChI is InChI=1S/C24H22BrNO4/c1-2-3-7-12-26-21(15-8-5-4-6-9-15)20(23(28)24(26)29)22(27)19-14-16-13-17(25)10-11-18(16)30-19/h4-6,8-11,13-14,21,28H,2-3,7,12H2,1H3. The zero-order valence-electron chi connectivity index (χ0n) is 16.6. The summed E-state index contributed by atoms with van der Waals surface area (Å²) >= 11 is 3.41. The first-order valence-corrected chi connectivity index (χ1v) is 10.8. The minimum atomic E-state index is -0.636. The van der Waals surface area contributed by atoms with Gasteiger partial charge >= 0.3 is 0 Å². The van der Waals surface area contributed by atoms with Crippen LogP contribution in [-0.4, -0.2) is 28.2 Å². The van der Waals surface area contributed by atoms with Gasteiger partial charge in [-0.05, 0) is 36.2 Å². The summed E-state index contributed by atoms with van der Waals surface area (Å²) in [5, 5.41) is 11.5. The van der Waals surface area contributed by atoms with Gasteiger partial charge in [-0.25, -0.2) is 0 Å². The molecule has 0 spiro atoms. The van der Waals surface area contributed by atoms with E-state index in [1.807, 2.05) is 42.5 Å². The van der Waals surface area contributed by atoms with Crippen LogP contribution in [0.5, 0.6) is 0 Å². The summed E-state index contributed by atoms with van der Waals surface area (Å²) in [5.74, 6) is -1.37. The number of aliphatic hydroxyl groups excluding tert-OH is 1. The SMILES string of the molecule is CCCCCN1C(=O)C(O)=C(C(=O)c2cc3cc(Br)ccc3o2)C1c1ccccc1. The number of unbranched alkanes of at least 4 members (excludes halogenated alkanes) is 2. The van der Waals surface area contributed by atoms with Crippen LogP contribution in [0.15, 0.2) is 74.8 Å². The Bertz CT molecular complexity index is 1130.